The molecule has 31 heavy (non-hydrogen) atoms. The van der Waals surface area contributed by atoms with Crippen LogP contribution >= 0.6 is 0 Å². The Hall–Kier alpha value is -3.29. The molecule has 2 aromatic rings. The van der Waals surface area contributed by atoms with Crippen molar-refractivity contribution >= 4 is 11.6 Å². The van der Waals surface area contributed by atoms with Gasteiger partial charge in [0.15, 0.2) is 17.3 Å². The molecule has 1 aliphatic carbocycles. The molecule has 1 aromatic carbocycles. The van der Waals surface area contributed by atoms with Crippen LogP contribution in [0.1, 0.15) is 43.7 Å². The predicted octanol–water partition coefficient (Wildman–Crippen LogP) is 2.30. The number of ether oxygens (including phenoxy) is 2. The van der Waals surface area contributed by atoms with E-state index >= 15 is 0 Å². The number of methoxy groups -OCH3 is 2. The van der Waals surface area contributed by atoms with Crippen LogP contribution in [0.25, 0.3) is 0 Å². The van der Waals surface area contributed by atoms with Gasteiger partial charge in [0.2, 0.25) is 0 Å². The maximum atomic E-state index is 13.3. The highest BCUT2D eigenvalue weighted by Gasteiger charge is 2.43. The van der Waals surface area contributed by atoms with Crippen molar-refractivity contribution in [1.82, 2.24) is 9.13 Å². The SMILES string of the molecule is COc1ccc([C@@H]2C3=C(CC(C)(C)CC3=O)Nc3c2c(=O)n(C)c(=O)n3C)cc1OC. The van der Waals surface area contributed by atoms with Gasteiger partial charge in [-0.15, -0.1) is 0 Å². The summed E-state index contributed by atoms with van der Waals surface area (Å²) < 4.78 is 13.3. The van der Waals surface area contributed by atoms with Crippen LogP contribution in [0.3, 0.4) is 0 Å². The summed E-state index contributed by atoms with van der Waals surface area (Å²) in [5, 5.41) is 3.27. The van der Waals surface area contributed by atoms with Gasteiger partial charge in [-0.2, -0.15) is 0 Å². The van der Waals surface area contributed by atoms with Crippen molar-refractivity contribution in [3.8, 4) is 11.5 Å². The number of nitrogens with one attached hydrogen (secondary N) is 1. The maximum Gasteiger partial charge on any atom is 0.332 e. The first kappa shape index (κ1) is 21.0. The second-order valence-electron chi connectivity index (χ2n) is 8.97. The molecule has 1 N–H and O–H groups in total. The van der Waals surface area contributed by atoms with E-state index in [-0.39, 0.29) is 11.2 Å². The molecule has 8 nitrogen and oxygen atoms in total. The zero-order chi connectivity index (χ0) is 22.7. The van der Waals surface area contributed by atoms with E-state index in [1.54, 1.807) is 33.4 Å². The van der Waals surface area contributed by atoms with Gasteiger partial charge in [0.1, 0.15) is 5.82 Å². The second-order valence-corrected chi connectivity index (χ2v) is 8.97. The number of nitrogens with zero attached hydrogens (tertiary/aromatic N) is 2. The molecule has 2 aliphatic rings. The molecule has 0 saturated heterocycles. The van der Waals surface area contributed by atoms with Crippen molar-refractivity contribution in [1.29, 1.82) is 0 Å². The van der Waals surface area contributed by atoms with Crippen LogP contribution in [0.5, 0.6) is 11.5 Å². The Morgan fingerprint density at radius 3 is 2.32 bits per heavy atom. The lowest BCUT2D eigenvalue weighted by Crippen LogP contribution is -2.45. The van der Waals surface area contributed by atoms with E-state index in [2.05, 4.69) is 5.32 Å². The van der Waals surface area contributed by atoms with E-state index in [0.717, 1.165) is 15.8 Å². The quantitative estimate of drug-likeness (QED) is 0.812. The lowest BCUT2D eigenvalue weighted by Gasteiger charge is -2.39. The Bertz CT molecular complexity index is 1250. The molecule has 2 heterocycles. The summed E-state index contributed by atoms with van der Waals surface area (Å²) in [6.45, 7) is 4.08. The standard InChI is InChI=1S/C23H27N3O5/c1-23(2)10-13-18(14(27)11-23)17(12-7-8-15(30-5)16(9-12)31-6)19-20(24-13)25(3)22(29)26(4)21(19)28/h7-9,17,24H,10-11H2,1-6H3/t17-/m1/s1. The van der Waals surface area contributed by atoms with Crippen LogP contribution in [-0.4, -0.2) is 29.1 Å². The molecule has 4 rings (SSSR count). The average molecular weight is 425 g/mol. The van der Waals surface area contributed by atoms with Gasteiger partial charge < -0.3 is 14.8 Å². The summed E-state index contributed by atoms with van der Waals surface area (Å²) in [6.07, 6.45) is 1.03. The first-order valence-electron chi connectivity index (χ1n) is 10.1. The lowest BCUT2D eigenvalue weighted by molar-refractivity contribution is -0.118. The van der Waals surface area contributed by atoms with Crippen molar-refractivity contribution in [3.05, 3.63) is 61.4 Å². The number of Topliss-reactive ketones (excluding diaryl/α,β-unsaturated/α-hetero) is 1. The Balaban J connectivity index is 2.06. The molecular weight excluding hydrogens is 398 g/mol. The third-order valence-corrected chi connectivity index (χ3v) is 6.21. The number of benzene rings is 1. The number of allylic oxidation sites excluding steroid dienone is 2. The average Bonchev–Trinajstić information content (AvgIpc) is 2.73. The topological polar surface area (TPSA) is 91.6 Å². The fourth-order valence-corrected chi connectivity index (χ4v) is 4.72. The smallest absolute Gasteiger partial charge is 0.332 e. The minimum Gasteiger partial charge on any atom is -0.493 e. The monoisotopic (exact) mass is 425 g/mol. The van der Waals surface area contributed by atoms with Crippen LogP contribution in [0.2, 0.25) is 0 Å². The number of carbonyl (C=O) groups is 1. The number of rotatable bonds is 3. The van der Waals surface area contributed by atoms with Crippen molar-refractivity contribution in [2.45, 2.75) is 32.6 Å². The minimum absolute atomic E-state index is 0.0000843. The largest absolute Gasteiger partial charge is 0.493 e. The molecule has 1 aromatic heterocycles. The molecule has 0 radical (unpaired) electrons. The summed E-state index contributed by atoms with van der Waals surface area (Å²) in [5.41, 5.74) is 1.38. The van der Waals surface area contributed by atoms with Crippen LogP contribution in [0.4, 0.5) is 5.82 Å². The van der Waals surface area contributed by atoms with E-state index < -0.39 is 17.2 Å². The lowest BCUT2D eigenvalue weighted by atomic mass is 9.69. The van der Waals surface area contributed by atoms with Crippen molar-refractivity contribution in [2.24, 2.45) is 19.5 Å². The number of fused-ring (bicyclic) bond motifs is 1. The molecule has 0 fully saturated rings. The Morgan fingerprint density at radius 2 is 1.68 bits per heavy atom. The van der Waals surface area contributed by atoms with Crippen molar-refractivity contribution in [3.63, 3.8) is 0 Å². The summed E-state index contributed by atoms with van der Waals surface area (Å²) in [5.74, 6) is 0.879. The minimum atomic E-state index is -0.611. The molecule has 0 spiro atoms. The van der Waals surface area contributed by atoms with Gasteiger partial charge in [-0.1, -0.05) is 19.9 Å². The Morgan fingerprint density at radius 1 is 1.00 bits per heavy atom. The Kier molecular flexibility index (Phi) is 4.83. The molecule has 0 unspecified atom stereocenters. The number of aromatic nitrogens is 2. The fourth-order valence-electron chi connectivity index (χ4n) is 4.72. The fraction of sp³-hybridized carbons (Fsp3) is 0.435. The van der Waals surface area contributed by atoms with Gasteiger partial charge in [-0.3, -0.25) is 18.7 Å². The highest BCUT2D eigenvalue weighted by atomic mass is 16.5. The second kappa shape index (κ2) is 7.14. The van der Waals surface area contributed by atoms with Crippen LogP contribution < -0.4 is 26.0 Å². The molecular formula is C23H27N3O5. The first-order valence-corrected chi connectivity index (χ1v) is 10.1. The molecule has 1 aliphatic heterocycles. The zero-order valence-corrected chi connectivity index (χ0v) is 18.7. The van der Waals surface area contributed by atoms with Gasteiger partial charge >= 0.3 is 5.69 Å². The molecule has 1 atom stereocenters. The summed E-state index contributed by atoms with van der Waals surface area (Å²) in [7, 11) is 6.17. The molecule has 0 saturated carbocycles. The maximum absolute atomic E-state index is 13.3. The zero-order valence-electron chi connectivity index (χ0n) is 18.7. The summed E-state index contributed by atoms with van der Waals surface area (Å²) >= 11 is 0. The van der Waals surface area contributed by atoms with Crippen molar-refractivity contribution < 1.29 is 14.3 Å². The summed E-state index contributed by atoms with van der Waals surface area (Å²) in [6, 6.07) is 5.39. The normalized spacial score (nSPS) is 19.4. The number of hydrogen-bond acceptors (Lipinski definition) is 6. The highest BCUT2D eigenvalue weighted by Crippen LogP contribution is 2.48. The molecule has 8 heteroatoms. The van der Waals surface area contributed by atoms with Crippen molar-refractivity contribution in [2.75, 3.05) is 19.5 Å². The highest BCUT2D eigenvalue weighted by molar-refractivity contribution is 6.01. The first-order chi connectivity index (χ1) is 14.6. The number of anilines is 1. The van der Waals surface area contributed by atoms with Gasteiger partial charge in [-0.05, 0) is 29.5 Å². The van der Waals surface area contributed by atoms with E-state index in [0.29, 0.717) is 41.3 Å². The van der Waals surface area contributed by atoms with E-state index in [1.165, 1.54) is 11.6 Å². The van der Waals surface area contributed by atoms with Gasteiger partial charge in [0.25, 0.3) is 5.56 Å². The van der Waals surface area contributed by atoms with E-state index in [1.807, 2.05) is 19.9 Å². The molecule has 164 valence electrons. The van der Waals surface area contributed by atoms with E-state index in [9.17, 15) is 14.4 Å². The number of carbonyl (C=O) groups excluding carboxylic acids is 1. The van der Waals surface area contributed by atoms with Gasteiger partial charge in [0, 0.05) is 37.7 Å². The van der Waals surface area contributed by atoms with Gasteiger partial charge in [-0.25, -0.2) is 4.79 Å². The number of ketones is 1. The third kappa shape index (κ3) is 3.17. The van der Waals surface area contributed by atoms with Crippen LogP contribution in [0.15, 0.2) is 39.1 Å². The van der Waals surface area contributed by atoms with Crippen LogP contribution in [0, 0.1) is 5.41 Å². The predicted molar refractivity (Wildman–Crippen MR) is 117 cm³/mol. The number of hydrogen-bond donors (Lipinski definition) is 1. The van der Waals surface area contributed by atoms with E-state index in [4.69, 9.17) is 9.47 Å². The Labute approximate surface area is 180 Å². The molecule has 0 amide bonds. The summed E-state index contributed by atoms with van der Waals surface area (Å²) in [4.78, 5) is 39.2. The third-order valence-electron chi connectivity index (χ3n) is 6.21. The van der Waals surface area contributed by atoms with Crippen LogP contribution in [-0.2, 0) is 18.9 Å². The molecule has 0 bridgehead atoms. The van der Waals surface area contributed by atoms with Gasteiger partial charge in [0.05, 0.1) is 19.8 Å².